The molecule has 1 saturated heterocycles. The summed E-state index contributed by atoms with van der Waals surface area (Å²) in [5, 5.41) is 29.0. The van der Waals surface area contributed by atoms with Crippen LogP contribution in [0.2, 0.25) is 0 Å². The molecule has 0 radical (unpaired) electrons. The van der Waals surface area contributed by atoms with Crippen molar-refractivity contribution in [3.8, 4) is 17.3 Å². The number of nitrogens with one attached hydrogen (secondary N) is 2. The Labute approximate surface area is 209 Å². The predicted octanol–water partition coefficient (Wildman–Crippen LogP) is 5.32. The highest BCUT2D eigenvalue weighted by molar-refractivity contribution is 5.90. The first-order chi connectivity index (χ1) is 17.6. The molecule has 5 rings (SSSR count). The Morgan fingerprint density at radius 3 is 2.89 bits per heavy atom. The highest BCUT2D eigenvalue weighted by Gasteiger charge is 2.27. The van der Waals surface area contributed by atoms with Crippen LogP contribution in [0.25, 0.3) is 11.3 Å². The van der Waals surface area contributed by atoms with E-state index in [1.165, 1.54) is 12.8 Å². The van der Waals surface area contributed by atoms with Gasteiger partial charge in [0.2, 0.25) is 5.95 Å². The first kappa shape index (κ1) is 23.8. The fourth-order valence-electron chi connectivity index (χ4n) is 5.30. The van der Waals surface area contributed by atoms with Gasteiger partial charge in [-0.05, 0) is 42.9 Å². The molecule has 3 N–H and O–H groups in total. The van der Waals surface area contributed by atoms with E-state index in [0.29, 0.717) is 48.6 Å². The Morgan fingerprint density at radius 2 is 2.14 bits per heavy atom. The van der Waals surface area contributed by atoms with Gasteiger partial charge in [-0.1, -0.05) is 25.0 Å². The number of nitrogens with zero attached hydrogens (tertiary/aromatic N) is 5. The van der Waals surface area contributed by atoms with Crippen LogP contribution in [0.5, 0.6) is 0 Å². The van der Waals surface area contributed by atoms with Gasteiger partial charge in [-0.2, -0.15) is 10.4 Å². The van der Waals surface area contributed by atoms with Crippen molar-refractivity contribution >= 4 is 23.4 Å². The van der Waals surface area contributed by atoms with E-state index >= 15 is 0 Å². The largest absolute Gasteiger partial charge is 0.465 e. The van der Waals surface area contributed by atoms with Crippen LogP contribution in [-0.2, 0) is 4.74 Å². The maximum Gasteiger partial charge on any atom is 0.409 e. The quantitative estimate of drug-likeness (QED) is 0.388. The summed E-state index contributed by atoms with van der Waals surface area (Å²) < 4.78 is 7.48. The second-order valence-corrected chi connectivity index (χ2v) is 9.33. The van der Waals surface area contributed by atoms with E-state index in [1.807, 2.05) is 29.1 Å². The average molecular weight is 488 g/mol. The van der Waals surface area contributed by atoms with Crippen LogP contribution in [0.1, 0.15) is 56.0 Å². The zero-order valence-electron chi connectivity index (χ0n) is 19.9. The van der Waals surface area contributed by atoms with Crippen LogP contribution >= 0.6 is 0 Å². The molecule has 10 heteroatoms. The van der Waals surface area contributed by atoms with Crippen molar-refractivity contribution in [2.45, 2.75) is 50.5 Å². The van der Waals surface area contributed by atoms with Crippen molar-refractivity contribution in [3.05, 3.63) is 48.4 Å². The van der Waals surface area contributed by atoms with Gasteiger partial charge in [-0.25, -0.2) is 14.8 Å². The third-order valence-corrected chi connectivity index (χ3v) is 7.08. The van der Waals surface area contributed by atoms with Crippen LogP contribution in [0.4, 0.5) is 22.1 Å². The number of anilines is 3. The summed E-state index contributed by atoms with van der Waals surface area (Å²) in [6, 6.07) is 9.72. The minimum atomic E-state index is -1.14. The first-order valence-electron chi connectivity index (χ1n) is 12.3. The Kier molecular flexibility index (Phi) is 7.09. The summed E-state index contributed by atoms with van der Waals surface area (Å²) in [6.45, 7) is 1.25. The molecule has 1 saturated carbocycles. The average Bonchev–Trinajstić information content (AvgIpc) is 3.67. The Balaban J connectivity index is 1.43. The molecule has 1 amide bonds. The van der Waals surface area contributed by atoms with E-state index in [9.17, 15) is 15.2 Å². The molecule has 2 aromatic heterocycles. The summed E-state index contributed by atoms with van der Waals surface area (Å²) in [6.07, 6.45) is 10.2. The number of carbonyl (C=O) groups is 1. The van der Waals surface area contributed by atoms with Crippen LogP contribution in [0.3, 0.4) is 0 Å². The standard InChI is InChI=1S/C26H29N7O3/c27-11-8-23(17-4-1-2-5-17)33-15-19(14-29-33)21-9-12-28-25(30-21)32-24-20(18-10-13-36-16-18)6-3-7-22(24)31-26(34)35/h3,6-7,9,12,14-15,17-18,23,31H,1-2,4-5,8,10,13,16H2,(H,34,35)(H,28,30,32). The van der Waals surface area contributed by atoms with Crippen LogP contribution in [-0.4, -0.2) is 44.2 Å². The predicted molar refractivity (Wildman–Crippen MR) is 134 cm³/mol. The van der Waals surface area contributed by atoms with Crippen LogP contribution < -0.4 is 10.6 Å². The summed E-state index contributed by atoms with van der Waals surface area (Å²) in [4.78, 5) is 20.5. The third kappa shape index (κ3) is 5.16. The number of para-hydroxylation sites is 1. The number of hydrogen-bond donors (Lipinski definition) is 3. The lowest BCUT2D eigenvalue weighted by molar-refractivity contribution is 0.194. The summed E-state index contributed by atoms with van der Waals surface area (Å²) in [7, 11) is 0. The van der Waals surface area contributed by atoms with Gasteiger partial charge in [-0.3, -0.25) is 10.00 Å². The molecule has 186 valence electrons. The SMILES string of the molecule is N#CCC(C1CCCC1)n1cc(-c2ccnc(Nc3c(NC(=O)O)cccc3C3CCOC3)n2)cn1. The summed E-state index contributed by atoms with van der Waals surface area (Å²) >= 11 is 0. The van der Waals surface area contributed by atoms with Crippen molar-refractivity contribution in [1.82, 2.24) is 19.7 Å². The van der Waals surface area contributed by atoms with Gasteiger partial charge < -0.3 is 15.2 Å². The minimum Gasteiger partial charge on any atom is -0.465 e. The molecule has 2 atom stereocenters. The zero-order chi connectivity index (χ0) is 24.9. The minimum absolute atomic E-state index is 0.0656. The molecule has 0 bridgehead atoms. The zero-order valence-corrected chi connectivity index (χ0v) is 19.9. The van der Waals surface area contributed by atoms with E-state index in [1.54, 1.807) is 18.5 Å². The van der Waals surface area contributed by atoms with Gasteiger partial charge in [0.05, 0.1) is 48.4 Å². The van der Waals surface area contributed by atoms with E-state index in [2.05, 4.69) is 26.8 Å². The van der Waals surface area contributed by atoms with Crippen molar-refractivity contribution in [2.24, 2.45) is 5.92 Å². The van der Waals surface area contributed by atoms with E-state index in [-0.39, 0.29) is 12.0 Å². The highest BCUT2D eigenvalue weighted by Crippen LogP contribution is 2.38. The molecule has 1 aliphatic heterocycles. The lowest BCUT2D eigenvalue weighted by atomic mass is 9.95. The third-order valence-electron chi connectivity index (χ3n) is 7.08. The van der Waals surface area contributed by atoms with Crippen molar-refractivity contribution in [2.75, 3.05) is 23.8 Å². The summed E-state index contributed by atoms with van der Waals surface area (Å²) in [5.41, 5.74) is 3.54. The van der Waals surface area contributed by atoms with Gasteiger partial charge in [0.15, 0.2) is 0 Å². The van der Waals surface area contributed by atoms with Crippen molar-refractivity contribution in [3.63, 3.8) is 0 Å². The number of amides is 1. The van der Waals surface area contributed by atoms with Gasteiger partial charge >= 0.3 is 6.09 Å². The smallest absolute Gasteiger partial charge is 0.409 e. The van der Waals surface area contributed by atoms with Crippen molar-refractivity contribution < 1.29 is 14.6 Å². The molecule has 2 aliphatic rings. The number of aromatic nitrogens is 4. The van der Waals surface area contributed by atoms with Gasteiger partial charge in [-0.15, -0.1) is 0 Å². The molecule has 2 fully saturated rings. The number of hydrogen-bond acceptors (Lipinski definition) is 7. The normalized spacial score (nSPS) is 18.6. The molecule has 3 aromatic rings. The first-order valence-corrected chi connectivity index (χ1v) is 12.3. The second-order valence-electron chi connectivity index (χ2n) is 9.33. The van der Waals surface area contributed by atoms with E-state index in [0.717, 1.165) is 30.4 Å². The fraction of sp³-hybridized carbons (Fsp3) is 0.423. The number of nitriles is 1. The number of rotatable bonds is 8. The maximum absolute atomic E-state index is 11.4. The van der Waals surface area contributed by atoms with Crippen molar-refractivity contribution in [1.29, 1.82) is 5.26 Å². The Morgan fingerprint density at radius 1 is 1.28 bits per heavy atom. The highest BCUT2D eigenvalue weighted by atomic mass is 16.5. The van der Waals surface area contributed by atoms with Gasteiger partial charge in [0.1, 0.15) is 0 Å². The molecule has 1 aromatic carbocycles. The molecule has 2 unspecified atom stereocenters. The second kappa shape index (κ2) is 10.7. The van der Waals surface area contributed by atoms with Crippen LogP contribution in [0.15, 0.2) is 42.9 Å². The topological polar surface area (TPSA) is 138 Å². The van der Waals surface area contributed by atoms with E-state index < -0.39 is 6.09 Å². The molecule has 10 nitrogen and oxygen atoms in total. The molecule has 36 heavy (non-hydrogen) atoms. The lowest BCUT2D eigenvalue weighted by Gasteiger charge is -2.21. The molecule has 0 spiro atoms. The van der Waals surface area contributed by atoms with Gasteiger partial charge in [0.25, 0.3) is 0 Å². The number of benzene rings is 1. The lowest BCUT2D eigenvalue weighted by Crippen LogP contribution is -2.17. The molecular weight excluding hydrogens is 458 g/mol. The molecule has 3 heterocycles. The Hall–Kier alpha value is -3.97. The van der Waals surface area contributed by atoms with Gasteiger partial charge in [0, 0.05) is 30.5 Å². The number of ether oxygens (including phenoxy) is 1. The van der Waals surface area contributed by atoms with E-state index in [4.69, 9.17) is 9.72 Å². The monoisotopic (exact) mass is 487 g/mol. The molecular formula is C26H29N7O3. The number of carboxylic acid groups (broad SMARTS) is 1. The summed E-state index contributed by atoms with van der Waals surface area (Å²) in [5.74, 6) is 0.970. The fourth-order valence-corrected chi connectivity index (χ4v) is 5.30. The maximum atomic E-state index is 11.4. The Bertz CT molecular complexity index is 1260. The van der Waals surface area contributed by atoms with Crippen LogP contribution in [0, 0.1) is 17.2 Å². The molecule has 1 aliphatic carbocycles.